The number of piperazine rings is 1. The number of amides is 1. The van der Waals surface area contributed by atoms with Crippen molar-refractivity contribution in [3.05, 3.63) is 59.4 Å². The van der Waals surface area contributed by atoms with Crippen LogP contribution in [0, 0.1) is 13.8 Å². The Morgan fingerprint density at radius 2 is 1.70 bits per heavy atom. The summed E-state index contributed by atoms with van der Waals surface area (Å²) in [5.74, 6) is 2.39. The molecule has 1 aromatic carbocycles. The van der Waals surface area contributed by atoms with Crippen molar-refractivity contribution in [3.63, 3.8) is 0 Å². The molecule has 0 spiro atoms. The van der Waals surface area contributed by atoms with Crippen LogP contribution < -0.4 is 9.64 Å². The summed E-state index contributed by atoms with van der Waals surface area (Å²) in [6, 6.07) is 13.6. The molecule has 1 amide bonds. The quantitative estimate of drug-likeness (QED) is 0.646. The highest BCUT2D eigenvalue weighted by Gasteiger charge is 2.23. The maximum absolute atomic E-state index is 12.7. The van der Waals surface area contributed by atoms with Crippen LogP contribution in [0.25, 0.3) is 5.82 Å². The van der Waals surface area contributed by atoms with Gasteiger partial charge in [-0.1, -0.05) is 18.2 Å². The number of carbonyl (C=O) groups excluding carboxylic acids is 1. The lowest BCUT2D eigenvalue weighted by atomic mass is 10.1. The van der Waals surface area contributed by atoms with Crippen LogP contribution in [0.1, 0.15) is 17.0 Å². The molecule has 1 saturated heterocycles. The summed E-state index contributed by atoms with van der Waals surface area (Å²) in [4.78, 5) is 16.8. The Bertz CT molecular complexity index is 1020. The third-order valence-corrected chi connectivity index (χ3v) is 5.35. The number of hydrogen-bond acceptors (Lipinski definition) is 6. The van der Waals surface area contributed by atoms with Crippen molar-refractivity contribution in [2.24, 2.45) is 0 Å². The van der Waals surface area contributed by atoms with Crippen molar-refractivity contribution in [2.45, 2.75) is 20.3 Å². The highest BCUT2D eigenvalue weighted by atomic mass is 16.5. The molecule has 1 fully saturated rings. The zero-order valence-corrected chi connectivity index (χ0v) is 17.6. The number of methoxy groups -OCH3 is 1. The lowest BCUT2D eigenvalue weighted by Crippen LogP contribution is -2.49. The van der Waals surface area contributed by atoms with Gasteiger partial charge < -0.3 is 14.5 Å². The monoisotopic (exact) mass is 406 g/mol. The van der Waals surface area contributed by atoms with E-state index < -0.39 is 0 Å². The van der Waals surface area contributed by atoms with Crippen molar-refractivity contribution in [2.75, 3.05) is 38.2 Å². The predicted octanol–water partition coefficient (Wildman–Crippen LogP) is 2.18. The first-order chi connectivity index (χ1) is 14.5. The first kappa shape index (κ1) is 19.9. The molecule has 30 heavy (non-hydrogen) atoms. The number of anilines is 1. The Kier molecular flexibility index (Phi) is 5.65. The van der Waals surface area contributed by atoms with Crippen molar-refractivity contribution >= 4 is 11.7 Å². The minimum absolute atomic E-state index is 0.116. The van der Waals surface area contributed by atoms with Gasteiger partial charge in [0.15, 0.2) is 11.6 Å². The van der Waals surface area contributed by atoms with E-state index >= 15 is 0 Å². The predicted molar refractivity (Wildman–Crippen MR) is 114 cm³/mol. The summed E-state index contributed by atoms with van der Waals surface area (Å²) >= 11 is 0. The second-order valence-corrected chi connectivity index (χ2v) is 7.45. The van der Waals surface area contributed by atoms with E-state index in [0.29, 0.717) is 25.3 Å². The first-order valence-corrected chi connectivity index (χ1v) is 10.1. The third kappa shape index (κ3) is 4.12. The number of rotatable bonds is 5. The van der Waals surface area contributed by atoms with E-state index in [-0.39, 0.29) is 5.91 Å². The zero-order valence-electron chi connectivity index (χ0n) is 17.6. The average Bonchev–Trinajstić information content (AvgIpc) is 3.12. The van der Waals surface area contributed by atoms with E-state index in [1.54, 1.807) is 11.8 Å². The topological polar surface area (TPSA) is 76.4 Å². The van der Waals surface area contributed by atoms with Gasteiger partial charge >= 0.3 is 0 Å². The van der Waals surface area contributed by atoms with Crippen LogP contribution in [0.2, 0.25) is 0 Å². The lowest BCUT2D eigenvalue weighted by Gasteiger charge is -2.35. The van der Waals surface area contributed by atoms with Gasteiger partial charge in [0.2, 0.25) is 5.91 Å². The van der Waals surface area contributed by atoms with Crippen LogP contribution in [-0.4, -0.2) is 64.1 Å². The number of aromatic nitrogens is 4. The van der Waals surface area contributed by atoms with Gasteiger partial charge in [0.05, 0.1) is 19.2 Å². The summed E-state index contributed by atoms with van der Waals surface area (Å²) in [7, 11) is 1.63. The van der Waals surface area contributed by atoms with Gasteiger partial charge in [-0.2, -0.15) is 5.10 Å². The van der Waals surface area contributed by atoms with Gasteiger partial charge in [-0.05, 0) is 38.1 Å². The van der Waals surface area contributed by atoms with Crippen molar-refractivity contribution < 1.29 is 9.53 Å². The SMILES string of the molecule is COc1ccccc1CC(=O)N1CCN(c2ccc(-n3nc(C)cc3C)nn2)CC1. The molecule has 1 aliphatic rings. The molecule has 4 rings (SSSR count). The molecular weight excluding hydrogens is 380 g/mol. The molecule has 0 atom stereocenters. The highest BCUT2D eigenvalue weighted by Crippen LogP contribution is 2.20. The van der Waals surface area contributed by atoms with Crippen molar-refractivity contribution in [1.29, 1.82) is 0 Å². The van der Waals surface area contributed by atoms with E-state index in [1.807, 2.05) is 61.2 Å². The van der Waals surface area contributed by atoms with E-state index in [9.17, 15) is 4.79 Å². The molecule has 1 aliphatic heterocycles. The van der Waals surface area contributed by atoms with E-state index in [4.69, 9.17) is 4.74 Å². The van der Waals surface area contributed by atoms with Crippen LogP contribution in [-0.2, 0) is 11.2 Å². The fraction of sp³-hybridized carbons (Fsp3) is 0.364. The molecule has 3 heterocycles. The minimum atomic E-state index is 0.116. The number of nitrogens with zero attached hydrogens (tertiary/aromatic N) is 6. The molecule has 0 aliphatic carbocycles. The Balaban J connectivity index is 1.36. The number of aryl methyl sites for hydroxylation is 2. The normalized spacial score (nSPS) is 14.1. The van der Waals surface area contributed by atoms with Crippen LogP contribution in [0.4, 0.5) is 5.82 Å². The fourth-order valence-corrected chi connectivity index (χ4v) is 3.77. The summed E-state index contributed by atoms with van der Waals surface area (Å²) in [6.45, 7) is 6.73. The number of para-hydroxylation sites is 1. The minimum Gasteiger partial charge on any atom is -0.496 e. The van der Waals surface area contributed by atoms with Crippen LogP contribution in [0.5, 0.6) is 5.75 Å². The highest BCUT2D eigenvalue weighted by molar-refractivity contribution is 5.79. The fourth-order valence-electron chi connectivity index (χ4n) is 3.77. The standard InChI is InChI=1S/C22H26N6O2/c1-16-14-17(2)28(25-16)21-9-8-20(23-24-21)26-10-12-27(13-11-26)22(29)15-18-6-4-5-7-19(18)30-3/h4-9,14H,10-13,15H2,1-3H3. The molecular formula is C22H26N6O2. The molecule has 8 heteroatoms. The molecule has 0 radical (unpaired) electrons. The zero-order chi connectivity index (χ0) is 21.1. The summed E-state index contributed by atoms with van der Waals surface area (Å²) in [5.41, 5.74) is 2.89. The number of carbonyl (C=O) groups is 1. The maximum Gasteiger partial charge on any atom is 0.227 e. The number of benzene rings is 1. The third-order valence-electron chi connectivity index (χ3n) is 5.35. The molecule has 3 aromatic rings. The molecule has 8 nitrogen and oxygen atoms in total. The van der Waals surface area contributed by atoms with Crippen LogP contribution in [0.3, 0.4) is 0 Å². The summed E-state index contributed by atoms with van der Waals surface area (Å²) in [6.07, 6.45) is 0.348. The second-order valence-electron chi connectivity index (χ2n) is 7.45. The van der Waals surface area contributed by atoms with E-state index in [2.05, 4.69) is 20.2 Å². The maximum atomic E-state index is 12.7. The van der Waals surface area contributed by atoms with Gasteiger partial charge in [-0.3, -0.25) is 4.79 Å². The van der Waals surface area contributed by atoms with Gasteiger partial charge in [0.1, 0.15) is 5.75 Å². The van der Waals surface area contributed by atoms with Gasteiger partial charge in [0.25, 0.3) is 0 Å². The van der Waals surface area contributed by atoms with Crippen molar-refractivity contribution in [3.8, 4) is 11.6 Å². The molecule has 0 unspecified atom stereocenters. The molecule has 0 saturated carbocycles. The summed E-state index contributed by atoms with van der Waals surface area (Å²) in [5, 5.41) is 13.2. The first-order valence-electron chi connectivity index (χ1n) is 10.1. The molecule has 0 N–H and O–H groups in total. The number of ether oxygens (including phenoxy) is 1. The lowest BCUT2D eigenvalue weighted by molar-refractivity contribution is -0.130. The Hall–Kier alpha value is -3.42. The smallest absolute Gasteiger partial charge is 0.227 e. The van der Waals surface area contributed by atoms with Crippen molar-refractivity contribution in [1.82, 2.24) is 24.9 Å². The van der Waals surface area contributed by atoms with Gasteiger partial charge in [-0.15, -0.1) is 10.2 Å². The second kappa shape index (κ2) is 8.52. The summed E-state index contributed by atoms with van der Waals surface area (Å²) < 4.78 is 7.15. The molecule has 156 valence electrons. The molecule has 2 aromatic heterocycles. The van der Waals surface area contributed by atoms with Crippen LogP contribution >= 0.6 is 0 Å². The largest absolute Gasteiger partial charge is 0.496 e. The molecule has 0 bridgehead atoms. The van der Waals surface area contributed by atoms with Crippen LogP contribution in [0.15, 0.2) is 42.5 Å². The van der Waals surface area contributed by atoms with Gasteiger partial charge in [-0.25, -0.2) is 4.68 Å². The Morgan fingerprint density at radius 1 is 1.00 bits per heavy atom. The average molecular weight is 406 g/mol. The van der Waals surface area contributed by atoms with Gasteiger partial charge in [0, 0.05) is 37.4 Å². The Labute approximate surface area is 176 Å². The van der Waals surface area contributed by atoms with E-state index in [0.717, 1.165) is 41.6 Å². The van der Waals surface area contributed by atoms with E-state index in [1.165, 1.54) is 0 Å². The number of hydrogen-bond donors (Lipinski definition) is 0. The Morgan fingerprint density at radius 3 is 2.33 bits per heavy atom.